The average Bonchev–Trinajstić information content (AvgIpc) is 2.89. The Kier molecular flexibility index (Phi) is 2.36. The molecule has 2 aliphatic rings. The predicted octanol–water partition coefficient (Wildman–Crippen LogP) is 3.47. The maximum Gasteiger partial charge on any atom is -0.000544 e. The number of hydrogen-bond acceptors (Lipinski definition) is 0. The topological polar surface area (TPSA) is 0 Å². The Hall–Kier alpha value is -1.56. The van der Waals surface area contributed by atoms with Gasteiger partial charge in [0.15, 0.2) is 0 Å². The first-order valence-corrected chi connectivity index (χ1v) is 4.48. The average molecular weight is 178 g/mol. The molecule has 0 unspecified atom stereocenters. The minimum atomic E-state index is 0.822. The van der Waals surface area contributed by atoms with Gasteiger partial charge >= 0.3 is 0 Å². The lowest BCUT2D eigenvalue weighted by molar-refractivity contribution is 1.62. The van der Waals surface area contributed by atoms with Crippen molar-refractivity contribution in [3.63, 3.8) is 0 Å². The molecule has 0 N–H and O–H groups in total. The Labute approximate surface area is 85.2 Å². The maximum atomic E-state index is 5.46. The molecule has 1 aromatic carbocycles. The Bertz CT molecular complexity index is 427. The molecule has 0 saturated heterocycles. The summed E-state index contributed by atoms with van der Waals surface area (Å²) in [6.45, 7) is 10.8. The fourth-order valence-corrected chi connectivity index (χ4v) is 1.23. The lowest BCUT2D eigenvalue weighted by Gasteiger charge is -1.82. The summed E-state index contributed by atoms with van der Waals surface area (Å²) in [5.41, 5.74) is 4.31. The van der Waals surface area contributed by atoms with Crippen LogP contribution in [0.2, 0.25) is 0 Å². The molecule has 0 atom stereocenters. The van der Waals surface area contributed by atoms with Gasteiger partial charge in [0.1, 0.15) is 0 Å². The molecule has 1 aromatic rings. The van der Waals surface area contributed by atoms with Gasteiger partial charge in [-0.2, -0.15) is 0 Å². The molecule has 2 aliphatic carbocycles. The van der Waals surface area contributed by atoms with Crippen molar-refractivity contribution in [2.24, 2.45) is 0 Å². The number of fused-ring (bicyclic) bond motifs is 1. The summed E-state index contributed by atoms with van der Waals surface area (Å²) >= 11 is 0. The zero-order valence-corrected chi connectivity index (χ0v) is 7.77. The van der Waals surface area contributed by atoms with Crippen molar-refractivity contribution in [3.8, 4) is 11.1 Å². The minimum Gasteiger partial charge on any atom is -0.0622 e. The molecule has 0 aromatic heterocycles. The van der Waals surface area contributed by atoms with E-state index < -0.39 is 0 Å². The first-order valence-electron chi connectivity index (χ1n) is 4.48. The molecule has 4 radical (unpaired) electrons. The first-order chi connectivity index (χ1) is 6.77. The summed E-state index contributed by atoms with van der Waals surface area (Å²) in [4.78, 5) is 0. The fourth-order valence-electron chi connectivity index (χ4n) is 1.23. The number of hydrogen-bond donors (Lipinski definition) is 0. The smallest absolute Gasteiger partial charge is 0.000544 e. The third-order valence-corrected chi connectivity index (χ3v) is 2.08. The molecule has 0 fully saturated rings. The van der Waals surface area contributed by atoms with Crippen molar-refractivity contribution in [2.45, 2.75) is 0 Å². The summed E-state index contributed by atoms with van der Waals surface area (Å²) in [6, 6.07) is 15.5. The Morgan fingerprint density at radius 3 is 1.71 bits per heavy atom. The van der Waals surface area contributed by atoms with Gasteiger partial charge in [0.05, 0.1) is 0 Å². The molecule has 0 saturated carbocycles. The van der Waals surface area contributed by atoms with Crippen LogP contribution in [0.4, 0.5) is 0 Å². The van der Waals surface area contributed by atoms with Gasteiger partial charge in [0.25, 0.3) is 0 Å². The molecule has 3 rings (SSSR count). The highest BCUT2D eigenvalue weighted by molar-refractivity contribution is 5.85. The van der Waals surface area contributed by atoms with Gasteiger partial charge in [0, 0.05) is 0 Å². The second kappa shape index (κ2) is 3.67. The minimum absolute atomic E-state index is 0.822. The van der Waals surface area contributed by atoms with E-state index in [0.717, 1.165) is 11.1 Å². The third-order valence-electron chi connectivity index (χ3n) is 2.08. The third kappa shape index (κ3) is 2.02. The van der Waals surface area contributed by atoms with Crippen molar-refractivity contribution in [3.05, 3.63) is 73.5 Å². The van der Waals surface area contributed by atoms with Gasteiger partial charge in [-0.15, -0.1) is 0 Å². The van der Waals surface area contributed by atoms with Crippen LogP contribution < -0.4 is 0 Å². The van der Waals surface area contributed by atoms with Crippen LogP contribution in [0, 0.1) is 13.8 Å². The molecular formula is C14H10. The van der Waals surface area contributed by atoms with Crippen molar-refractivity contribution >= 4 is 0 Å². The molecule has 66 valence electrons. The van der Waals surface area contributed by atoms with Gasteiger partial charge in [-0.05, 0) is 42.2 Å². The predicted molar refractivity (Wildman–Crippen MR) is 58.7 cm³/mol. The van der Waals surface area contributed by atoms with E-state index in [2.05, 4.69) is 6.07 Å². The Morgan fingerprint density at radius 2 is 1.50 bits per heavy atom. The molecule has 0 nitrogen and oxygen atoms in total. The van der Waals surface area contributed by atoms with E-state index in [1.165, 1.54) is 11.1 Å². The first kappa shape index (κ1) is 9.01. The summed E-state index contributed by atoms with van der Waals surface area (Å²) in [7, 11) is 0. The second-order valence-corrected chi connectivity index (χ2v) is 3.21. The highest BCUT2D eigenvalue weighted by atomic mass is 14.2. The van der Waals surface area contributed by atoms with Gasteiger partial charge in [-0.25, -0.2) is 0 Å². The summed E-state index contributed by atoms with van der Waals surface area (Å²) in [5, 5.41) is 0. The Balaban J connectivity index is 0.000000107. The zero-order chi connectivity index (χ0) is 9.97. The lowest BCUT2D eigenvalue weighted by Crippen LogP contribution is -1.62. The SMILES string of the molecule is [CH]c1ccc2cc1-2.[CH]c1ccccc1. The van der Waals surface area contributed by atoms with E-state index in [0.29, 0.717) is 0 Å². The van der Waals surface area contributed by atoms with E-state index in [1.807, 2.05) is 42.5 Å². The molecular weight excluding hydrogens is 168 g/mol. The van der Waals surface area contributed by atoms with Crippen molar-refractivity contribution < 1.29 is 0 Å². The molecule has 0 heteroatoms. The summed E-state index contributed by atoms with van der Waals surface area (Å²) in [6.07, 6.45) is 0. The quantitative estimate of drug-likeness (QED) is 0.494. The number of benzene rings is 2. The van der Waals surface area contributed by atoms with E-state index in [9.17, 15) is 0 Å². The van der Waals surface area contributed by atoms with Crippen molar-refractivity contribution in [2.75, 3.05) is 0 Å². The van der Waals surface area contributed by atoms with Crippen LogP contribution in [-0.2, 0) is 0 Å². The monoisotopic (exact) mass is 178 g/mol. The maximum absolute atomic E-state index is 5.46. The van der Waals surface area contributed by atoms with Crippen LogP contribution in [0.15, 0.2) is 48.5 Å². The van der Waals surface area contributed by atoms with E-state index in [4.69, 9.17) is 13.8 Å². The Morgan fingerprint density at radius 1 is 0.786 bits per heavy atom. The van der Waals surface area contributed by atoms with Crippen LogP contribution >= 0.6 is 0 Å². The van der Waals surface area contributed by atoms with E-state index >= 15 is 0 Å². The zero-order valence-electron chi connectivity index (χ0n) is 7.77. The summed E-state index contributed by atoms with van der Waals surface area (Å²) < 4.78 is 0. The van der Waals surface area contributed by atoms with E-state index in [-0.39, 0.29) is 0 Å². The molecule has 0 spiro atoms. The largest absolute Gasteiger partial charge is 0.0622 e. The van der Waals surface area contributed by atoms with Crippen LogP contribution in [0.3, 0.4) is 0 Å². The standard InChI is InChI=1S/C7H4.C7H6/c1-5-2-3-6-4-7(5)6;1-7-5-3-2-4-6-7/h1-4H;1-6H. The fraction of sp³-hybridized carbons (Fsp3) is 0. The normalized spacial score (nSPS) is 10.1. The highest BCUT2D eigenvalue weighted by Crippen LogP contribution is 2.37. The molecule has 0 bridgehead atoms. The van der Waals surface area contributed by atoms with Crippen molar-refractivity contribution in [1.29, 1.82) is 0 Å². The second-order valence-electron chi connectivity index (χ2n) is 3.21. The van der Waals surface area contributed by atoms with Crippen molar-refractivity contribution in [1.82, 2.24) is 0 Å². The van der Waals surface area contributed by atoms with Gasteiger partial charge in [-0.3, -0.25) is 0 Å². The number of rotatable bonds is 0. The molecule has 0 heterocycles. The van der Waals surface area contributed by atoms with Crippen LogP contribution in [-0.4, -0.2) is 0 Å². The van der Waals surface area contributed by atoms with Crippen LogP contribution in [0.5, 0.6) is 0 Å². The van der Waals surface area contributed by atoms with Gasteiger partial charge in [-0.1, -0.05) is 42.5 Å². The molecule has 14 heavy (non-hydrogen) atoms. The lowest BCUT2D eigenvalue weighted by atomic mass is 10.2. The van der Waals surface area contributed by atoms with Crippen LogP contribution in [0.1, 0.15) is 11.1 Å². The van der Waals surface area contributed by atoms with E-state index in [1.54, 1.807) is 0 Å². The molecule has 0 aliphatic heterocycles. The van der Waals surface area contributed by atoms with Gasteiger partial charge in [0.2, 0.25) is 0 Å². The highest BCUT2D eigenvalue weighted by Gasteiger charge is 2.12. The van der Waals surface area contributed by atoms with Crippen LogP contribution in [0.25, 0.3) is 11.1 Å². The summed E-state index contributed by atoms with van der Waals surface area (Å²) in [5.74, 6) is 0. The molecule has 0 amide bonds. The van der Waals surface area contributed by atoms with Gasteiger partial charge < -0.3 is 0 Å².